The lowest BCUT2D eigenvalue weighted by Crippen LogP contribution is -2.28. The van der Waals surface area contributed by atoms with Gasteiger partial charge in [-0.3, -0.25) is 0 Å². The van der Waals surface area contributed by atoms with Gasteiger partial charge in [0.1, 0.15) is 5.75 Å². The molecule has 264 valence electrons. The molecule has 0 radical (unpaired) electrons. The molecule has 6 rings (SSSR count). The highest BCUT2D eigenvalue weighted by atomic mass is 16.5. The molecular formula is C44H76O2. The van der Waals surface area contributed by atoms with Gasteiger partial charge in [-0.05, 0) is 175 Å². The highest BCUT2D eigenvalue weighted by molar-refractivity contribution is 5.26. The number of aryl methyl sites for hydroxylation is 1. The van der Waals surface area contributed by atoms with Crippen molar-refractivity contribution in [3.05, 3.63) is 29.8 Å². The zero-order chi connectivity index (χ0) is 32.7. The molecule has 5 aliphatic carbocycles. The molecule has 0 amide bonds. The van der Waals surface area contributed by atoms with Crippen molar-refractivity contribution < 1.29 is 9.47 Å². The fourth-order valence-corrected chi connectivity index (χ4v) is 9.68. The van der Waals surface area contributed by atoms with E-state index in [1.54, 1.807) is 0 Å². The summed E-state index contributed by atoms with van der Waals surface area (Å²) in [6.45, 7) is 15.4. The van der Waals surface area contributed by atoms with Gasteiger partial charge in [0.15, 0.2) is 0 Å². The molecule has 0 N–H and O–H groups in total. The first-order valence-electron chi connectivity index (χ1n) is 20.7. The molecule has 0 aliphatic heterocycles. The van der Waals surface area contributed by atoms with Gasteiger partial charge in [0.2, 0.25) is 0 Å². The number of ether oxygens (including phenoxy) is 2. The minimum atomic E-state index is 0.591. The van der Waals surface area contributed by atoms with Gasteiger partial charge >= 0.3 is 0 Å². The topological polar surface area (TPSA) is 18.5 Å². The summed E-state index contributed by atoms with van der Waals surface area (Å²) in [4.78, 5) is 0. The Bertz CT molecular complexity index is 884. The normalized spacial score (nSPS) is 36.7. The Kier molecular flexibility index (Phi) is 16.8. The SMILES string of the molecule is CC.CC1CCC(OCC2CCC(C3CCC(C)CC3)CC2)CC1.Cc1ccc(OCC2CCC(C3CCC(C)CC3)CC2)cc1. The van der Waals surface area contributed by atoms with Crippen LogP contribution in [0.3, 0.4) is 0 Å². The van der Waals surface area contributed by atoms with Crippen LogP contribution >= 0.6 is 0 Å². The van der Waals surface area contributed by atoms with Crippen LogP contribution in [0.5, 0.6) is 5.75 Å². The van der Waals surface area contributed by atoms with Crippen molar-refractivity contribution >= 4 is 0 Å². The van der Waals surface area contributed by atoms with E-state index in [2.05, 4.69) is 52.0 Å². The fourth-order valence-electron chi connectivity index (χ4n) is 9.68. The van der Waals surface area contributed by atoms with Crippen molar-refractivity contribution in [2.45, 2.75) is 176 Å². The fraction of sp³-hybridized carbons (Fsp3) is 0.864. The number of hydrogen-bond acceptors (Lipinski definition) is 2. The Hall–Kier alpha value is -1.02. The first kappa shape index (κ1) is 37.8. The molecule has 0 heterocycles. The molecular weight excluding hydrogens is 560 g/mol. The summed E-state index contributed by atoms with van der Waals surface area (Å²) in [6.07, 6.45) is 29.5. The summed E-state index contributed by atoms with van der Waals surface area (Å²) in [7, 11) is 0. The van der Waals surface area contributed by atoms with Gasteiger partial charge in [-0.2, -0.15) is 0 Å². The Morgan fingerprint density at radius 3 is 1.22 bits per heavy atom. The molecule has 2 nitrogen and oxygen atoms in total. The zero-order valence-corrected chi connectivity index (χ0v) is 31.5. The highest BCUT2D eigenvalue weighted by Gasteiger charge is 2.31. The lowest BCUT2D eigenvalue weighted by Gasteiger charge is -2.37. The van der Waals surface area contributed by atoms with Crippen molar-refractivity contribution in [1.29, 1.82) is 0 Å². The molecule has 0 saturated heterocycles. The van der Waals surface area contributed by atoms with Crippen molar-refractivity contribution in [2.24, 2.45) is 53.3 Å². The molecule has 1 aromatic rings. The van der Waals surface area contributed by atoms with Gasteiger partial charge in [-0.1, -0.05) is 78.0 Å². The first-order chi connectivity index (χ1) is 22.4. The second-order valence-electron chi connectivity index (χ2n) is 16.9. The van der Waals surface area contributed by atoms with Crippen LogP contribution in [-0.4, -0.2) is 19.3 Å². The average molecular weight is 637 g/mol. The molecule has 5 aliphatic rings. The molecule has 1 aromatic carbocycles. The van der Waals surface area contributed by atoms with Crippen LogP contribution in [0.4, 0.5) is 0 Å². The molecule has 0 atom stereocenters. The van der Waals surface area contributed by atoms with E-state index in [9.17, 15) is 0 Å². The van der Waals surface area contributed by atoms with Crippen molar-refractivity contribution in [2.75, 3.05) is 13.2 Å². The molecule has 0 aromatic heterocycles. The summed E-state index contributed by atoms with van der Waals surface area (Å²) in [6, 6.07) is 8.47. The summed E-state index contributed by atoms with van der Waals surface area (Å²) in [5, 5.41) is 0. The van der Waals surface area contributed by atoms with Crippen LogP contribution < -0.4 is 4.74 Å². The Balaban J connectivity index is 0.000000198. The summed E-state index contributed by atoms with van der Waals surface area (Å²) >= 11 is 0. The van der Waals surface area contributed by atoms with E-state index in [4.69, 9.17) is 9.47 Å². The van der Waals surface area contributed by atoms with E-state index < -0.39 is 0 Å². The lowest BCUT2D eigenvalue weighted by molar-refractivity contribution is -0.0110. The molecule has 5 saturated carbocycles. The largest absolute Gasteiger partial charge is 0.493 e. The minimum Gasteiger partial charge on any atom is -0.493 e. The molecule has 0 bridgehead atoms. The van der Waals surface area contributed by atoms with E-state index >= 15 is 0 Å². The first-order valence-corrected chi connectivity index (χ1v) is 20.7. The van der Waals surface area contributed by atoms with Gasteiger partial charge in [0.05, 0.1) is 12.7 Å². The Morgan fingerprint density at radius 1 is 0.457 bits per heavy atom. The smallest absolute Gasteiger partial charge is 0.119 e. The summed E-state index contributed by atoms with van der Waals surface area (Å²) in [5.74, 6) is 9.78. The molecule has 0 unspecified atom stereocenters. The standard InChI is InChI=1S/C21H38O.C21H32O.C2H6/c2*1-16-3-9-19(10-4-16)20-11-7-18(8-12-20)15-22-21-13-5-17(2)6-14-21;1-2/h16-21H,3-15H2,1-2H3;5-6,13-14,16,18-20H,3-4,7-12,15H2,1-2H3;1-2H3. The third-order valence-corrected chi connectivity index (χ3v) is 13.3. The van der Waals surface area contributed by atoms with Gasteiger partial charge < -0.3 is 9.47 Å². The average Bonchev–Trinajstić information content (AvgIpc) is 3.10. The van der Waals surface area contributed by atoms with Crippen LogP contribution in [0.2, 0.25) is 0 Å². The van der Waals surface area contributed by atoms with Crippen molar-refractivity contribution in [3.63, 3.8) is 0 Å². The van der Waals surface area contributed by atoms with Crippen molar-refractivity contribution in [3.8, 4) is 5.75 Å². The third-order valence-electron chi connectivity index (χ3n) is 13.3. The van der Waals surface area contributed by atoms with Gasteiger partial charge in [-0.15, -0.1) is 0 Å². The van der Waals surface area contributed by atoms with Crippen LogP contribution in [0, 0.1) is 60.2 Å². The van der Waals surface area contributed by atoms with Crippen LogP contribution in [0.1, 0.15) is 169 Å². The van der Waals surface area contributed by atoms with E-state index in [0.717, 1.165) is 72.2 Å². The van der Waals surface area contributed by atoms with Gasteiger partial charge in [0, 0.05) is 6.61 Å². The minimum absolute atomic E-state index is 0.591. The Morgan fingerprint density at radius 2 is 0.804 bits per heavy atom. The lowest BCUT2D eigenvalue weighted by atomic mass is 9.69. The quantitative estimate of drug-likeness (QED) is 0.283. The van der Waals surface area contributed by atoms with E-state index in [0.29, 0.717) is 6.10 Å². The van der Waals surface area contributed by atoms with Crippen LogP contribution in [-0.2, 0) is 4.74 Å². The maximum Gasteiger partial charge on any atom is 0.119 e. The van der Waals surface area contributed by atoms with Crippen LogP contribution in [0.25, 0.3) is 0 Å². The molecule has 0 spiro atoms. The molecule has 2 heteroatoms. The second kappa shape index (κ2) is 20.5. The summed E-state index contributed by atoms with van der Waals surface area (Å²) in [5.41, 5.74) is 1.30. The molecule has 5 fully saturated rings. The predicted octanol–water partition coefficient (Wildman–Crippen LogP) is 13.2. The maximum absolute atomic E-state index is 6.27. The third kappa shape index (κ3) is 12.8. The van der Waals surface area contributed by atoms with E-state index in [-0.39, 0.29) is 0 Å². The number of rotatable bonds is 8. The predicted molar refractivity (Wildman–Crippen MR) is 199 cm³/mol. The summed E-state index contributed by atoms with van der Waals surface area (Å²) < 4.78 is 12.3. The Labute approximate surface area is 287 Å². The molecule has 46 heavy (non-hydrogen) atoms. The monoisotopic (exact) mass is 637 g/mol. The second-order valence-corrected chi connectivity index (χ2v) is 16.9. The number of hydrogen-bond donors (Lipinski definition) is 0. The highest BCUT2D eigenvalue weighted by Crippen LogP contribution is 2.42. The van der Waals surface area contributed by atoms with E-state index in [1.807, 2.05) is 13.8 Å². The van der Waals surface area contributed by atoms with Gasteiger partial charge in [-0.25, -0.2) is 0 Å². The maximum atomic E-state index is 6.27. The number of benzene rings is 1. The van der Waals surface area contributed by atoms with E-state index in [1.165, 1.54) is 134 Å². The van der Waals surface area contributed by atoms with Crippen LogP contribution in [0.15, 0.2) is 24.3 Å². The van der Waals surface area contributed by atoms with Crippen molar-refractivity contribution in [1.82, 2.24) is 0 Å². The van der Waals surface area contributed by atoms with Gasteiger partial charge in [0.25, 0.3) is 0 Å². The zero-order valence-electron chi connectivity index (χ0n) is 31.5.